The number of hydrogen-bond donors (Lipinski definition) is 1. The van der Waals surface area contributed by atoms with Gasteiger partial charge in [0.15, 0.2) is 0 Å². The van der Waals surface area contributed by atoms with Gasteiger partial charge in [-0.05, 0) is 43.4 Å². The van der Waals surface area contributed by atoms with Crippen LogP contribution in [0.1, 0.15) is 44.1 Å². The lowest BCUT2D eigenvalue weighted by molar-refractivity contribution is -0.122. The third kappa shape index (κ3) is 4.06. The molecule has 0 radical (unpaired) electrons. The van der Waals surface area contributed by atoms with Crippen LogP contribution < -0.4 is 10.3 Å². The van der Waals surface area contributed by atoms with Gasteiger partial charge < -0.3 is 4.90 Å². The van der Waals surface area contributed by atoms with E-state index in [0.29, 0.717) is 0 Å². The molecule has 0 spiro atoms. The summed E-state index contributed by atoms with van der Waals surface area (Å²) in [5.74, 6) is 0.250. The van der Waals surface area contributed by atoms with Crippen molar-refractivity contribution in [3.8, 4) is 0 Å². The number of anilines is 1. The predicted octanol–water partition coefficient (Wildman–Crippen LogP) is 2.93. The van der Waals surface area contributed by atoms with Gasteiger partial charge in [-0.25, -0.2) is 5.43 Å². The minimum absolute atomic E-state index is 0.0486. The topological polar surface area (TPSA) is 44.7 Å². The lowest BCUT2D eigenvalue weighted by Crippen LogP contribution is -2.23. The van der Waals surface area contributed by atoms with E-state index in [4.69, 9.17) is 0 Å². The van der Waals surface area contributed by atoms with Crippen LogP contribution in [0, 0.1) is 5.92 Å². The van der Waals surface area contributed by atoms with E-state index in [1.54, 1.807) is 6.21 Å². The van der Waals surface area contributed by atoms with Crippen LogP contribution in [0.15, 0.2) is 29.4 Å². The zero-order chi connectivity index (χ0) is 14.5. The molecule has 1 saturated carbocycles. The van der Waals surface area contributed by atoms with Gasteiger partial charge in [-0.2, -0.15) is 5.10 Å². The van der Waals surface area contributed by atoms with Crippen molar-refractivity contribution in [1.29, 1.82) is 0 Å². The molecule has 1 aliphatic carbocycles. The van der Waals surface area contributed by atoms with Crippen LogP contribution in [0.3, 0.4) is 0 Å². The minimum atomic E-state index is 0.0486. The van der Waals surface area contributed by atoms with Gasteiger partial charge in [-0.3, -0.25) is 4.79 Å². The first-order valence-electron chi connectivity index (χ1n) is 8.01. The Balaban J connectivity index is 1.55. The standard InChI is InChI=1S/C17H23N3O/c21-17(15-7-8-15)19-18-13-14-5-9-16(10-6-14)20-11-3-1-2-4-12-20/h5-6,9-10,13,15H,1-4,7-8,11-12H2,(H,19,21)/b18-13-. The number of rotatable bonds is 4. The third-order valence-electron chi connectivity index (χ3n) is 4.20. The van der Waals surface area contributed by atoms with Crippen LogP contribution in [-0.2, 0) is 4.79 Å². The molecule has 3 rings (SSSR count). The van der Waals surface area contributed by atoms with E-state index in [1.807, 2.05) is 0 Å². The Labute approximate surface area is 126 Å². The predicted molar refractivity (Wildman–Crippen MR) is 85.6 cm³/mol. The first-order chi connectivity index (χ1) is 10.3. The molecule has 1 aromatic carbocycles. The molecule has 1 amide bonds. The molecule has 112 valence electrons. The Kier molecular flexibility index (Phi) is 4.53. The highest BCUT2D eigenvalue weighted by atomic mass is 16.2. The fraction of sp³-hybridized carbons (Fsp3) is 0.529. The van der Waals surface area contributed by atoms with Crippen molar-refractivity contribution in [2.45, 2.75) is 38.5 Å². The van der Waals surface area contributed by atoms with Gasteiger partial charge in [-0.1, -0.05) is 25.0 Å². The molecule has 1 aliphatic heterocycles. The summed E-state index contributed by atoms with van der Waals surface area (Å²) in [5.41, 5.74) is 4.91. The monoisotopic (exact) mass is 285 g/mol. The molecule has 1 heterocycles. The van der Waals surface area contributed by atoms with E-state index >= 15 is 0 Å². The maximum absolute atomic E-state index is 11.5. The highest BCUT2D eigenvalue weighted by Gasteiger charge is 2.29. The van der Waals surface area contributed by atoms with E-state index in [1.165, 1.54) is 31.4 Å². The maximum Gasteiger partial charge on any atom is 0.243 e. The number of nitrogens with zero attached hydrogens (tertiary/aromatic N) is 2. The van der Waals surface area contributed by atoms with Crippen LogP contribution in [0.2, 0.25) is 0 Å². The molecule has 1 N–H and O–H groups in total. The third-order valence-corrected chi connectivity index (χ3v) is 4.20. The number of nitrogens with one attached hydrogen (secondary N) is 1. The Morgan fingerprint density at radius 2 is 1.76 bits per heavy atom. The van der Waals surface area contributed by atoms with E-state index in [9.17, 15) is 4.79 Å². The molecule has 4 nitrogen and oxygen atoms in total. The molecule has 4 heteroatoms. The number of amides is 1. The lowest BCUT2D eigenvalue weighted by Gasteiger charge is -2.22. The fourth-order valence-corrected chi connectivity index (χ4v) is 2.71. The molecule has 0 unspecified atom stereocenters. The van der Waals surface area contributed by atoms with Crippen molar-refractivity contribution in [2.75, 3.05) is 18.0 Å². The second-order valence-corrected chi connectivity index (χ2v) is 6.00. The van der Waals surface area contributed by atoms with Gasteiger partial charge in [0, 0.05) is 24.7 Å². The maximum atomic E-state index is 11.5. The van der Waals surface area contributed by atoms with Crippen LogP contribution in [0.5, 0.6) is 0 Å². The number of carbonyl (C=O) groups excluding carboxylic acids is 1. The van der Waals surface area contributed by atoms with Crippen molar-refractivity contribution >= 4 is 17.8 Å². The molecule has 1 aromatic rings. The Morgan fingerprint density at radius 3 is 2.38 bits per heavy atom. The van der Waals surface area contributed by atoms with Gasteiger partial charge in [0.05, 0.1) is 6.21 Å². The van der Waals surface area contributed by atoms with Crippen molar-refractivity contribution in [3.63, 3.8) is 0 Å². The summed E-state index contributed by atoms with van der Waals surface area (Å²) in [4.78, 5) is 13.9. The molecular formula is C17H23N3O. The first kappa shape index (κ1) is 14.1. The summed E-state index contributed by atoms with van der Waals surface area (Å²) in [7, 11) is 0. The summed E-state index contributed by atoms with van der Waals surface area (Å²) in [6, 6.07) is 8.42. The molecule has 21 heavy (non-hydrogen) atoms. The van der Waals surface area contributed by atoms with E-state index in [0.717, 1.165) is 31.5 Å². The van der Waals surface area contributed by atoms with Crippen molar-refractivity contribution in [2.24, 2.45) is 11.0 Å². The summed E-state index contributed by atoms with van der Waals surface area (Å²) >= 11 is 0. The quantitative estimate of drug-likeness (QED) is 0.683. The smallest absolute Gasteiger partial charge is 0.243 e. The average Bonchev–Trinajstić information content (AvgIpc) is 3.35. The highest BCUT2D eigenvalue weighted by molar-refractivity contribution is 5.84. The van der Waals surface area contributed by atoms with Crippen molar-refractivity contribution in [1.82, 2.24) is 5.43 Å². The number of hydrogen-bond acceptors (Lipinski definition) is 3. The summed E-state index contributed by atoms with van der Waals surface area (Å²) in [5, 5.41) is 4.02. The number of hydrazone groups is 1. The van der Waals surface area contributed by atoms with Crippen LogP contribution in [0.25, 0.3) is 0 Å². The van der Waals surface area contributed by atoms with Gasteiger partial charge in [0.1, 0.15) is 0 Å². The van der Waals surface area contributed by atoms with Gasteiger partial charge >= 0.3 is 0 Å². The number of benzene rings is 1. The van der Waals surface area contributed by atoms with Gasteiger partial charge in [0.25, 0.3) is 0 Å². The van der Waals surface area contributed by atoms with Crippen molar-refractivity contribution < 1.29 is 4.79 Å². The van der Waals surface area contributed by atoms with Crippen molar-refractivity contribution in [3.05, 3.63) is 29.8 Å². The van der Waals surface area contributed by atoms with E-state index in [2.05, 4.69) is 39.7 Å². The molecular weight excluding hydrogens is 262 g/mol. The normalized spacial score (nSPS) is 19.5. The zero-order valence-corrected chi connectivity index (χ0v) is 12.4. The average molecular weight is 285 g/mol. The van der Waals surface area contributed by atoms with Gasteiger partial charge in [0.2, 0.25) is 5.91 Å². The first-order valence-corrected chi connectivity index (χ1v) is 8.01. The molecule has 0 atom stereocenters. The summed E-state index contributed by atoms with van der Waals surface area (Å²) in [6.07, 6.45) is 9.00. The molecule has 2 fully saturated rings. The van der Waals surface area contributed by atoms with Crippen LogP contribution in [0.4, 0.5) is 5.69 Å². The van der Waals surface area contributed by atoms with Crippen LogP contribution >= 0.6 is 0 Å². The molecule has 2 aliphatic rings. The molecule has 0 aromatic heterocycles. The Bertz CT molecular complexity index is 497. The second kappa shape index (κ2) is 6.74. The van der Waals surface area contributed by atoms with E-state index in [-0.39, 0.29) is 11.8 Å². The van der Waals surface area contributed by atoms with E-state index < -0.39 is 0 Å². The highest BCUT2D eigenvalue weighted by Crippen LogP contribution is 2.28. The molecule has 0 bridgehead atoms. The lowest BCUT2D eigenvalue weighted by atomic mass is 10.2. The minimum Gasteiger partial charge on any atom is -0.372 e. The zero-order valence-electron chi connectivity index (χ0n) is 12.4. The summed E-state index contributed by atoms with van der Waals surface area (Å²) in [6.45, 7) is 2.32. The Morgan fingerprint density at radius 1 is 1.10 bits per heavy atom. The van der Waals surface area contributed by atoms with Gasteiger partial charge in [-0.15, -0.1) is 0 Å². The largest absolute Gasteiger partial charge is 0.372 e. The SMILES string of the molecule is O=C(N/N=C\c1ccc(N2CCCCCC2)cc1)C1CC1. The number of carbonyl (C=O) groups is 1. The second-order valence-electron chi connectivity index (χ2n) is 6.00. The van der Waals surface area contributed by atoms with Crippen LogP contribution in [-0.4, -0.2) is 25.2 Å². The Hall–Kier alpha value is -1.84. The summed E-state index contributed by atoms with van der Waals surface area (Å²) < 4.78 is 0. The fourth-order valence-electron chi connectivity index (χ4n) is 2.71. The molecule has 1 saturated heterocycles.